The highest BCUT2D eigenvalue weighted by Crippen LogP contribution is 2.11. The molecule has 0 saturated heterocycles. The van der Waals surface area contributed by atoms with Crippen molar-refractivity contribution >= 4 is 17.5 Å². The number of anilines is 1. The Morgan fingerprint density at radius 2 is 1.90 bits per heavy atom. The van der Waals surface area contributed by atoms with Crippen molar-refractivity contribution in [1.82, 2.24) is 10.2 Å². The molecule has 5 nitrogen and oxygen atoms in total. The standard InChI is InChI=1S/C16H23N3O2/c1-4-11-17-12-15(20)18-14-8-5-13(6-9-14)7-10-16(21)19(2)3/h4-6,8-9,17H,1,7,10-12H2,2-3H3,(H,18,20). The Labute approximate surface area is 126 Å². The molecular formula is C16H23N3O2. The van der Waals surface area contributed by atoms with Crippen molar-refractivity contribution < 1.29 is 9.59 Å². The molecule has 0 aromatic heterocycles. The third kappa shape index (κ3) is 6.72. The lowest BCUT2D eigenvalue weighted by Crippen LogP contribution is -2.28. The number of carbonyl (C=O) groups is 2. The summed E-state index contributed by atoms with van der Waals surface area (Å²) in [5.74, 6) is 0.0213. The average Bonchev–Trinajstić information content (AvgIpc) is 2.46. The molecule has 2 N–H and O–H groups in total. The number of benzene rings is 1. The fourth-order valence-corrected chi connectivity index (χ4v) is 1.72. The highest BCUT2D eigenvalue weighted by Gasteiger charge is 2.05. The van der Waals surface area contributed by atoms with Crippen molar-refractivity contribution in [2.45, 2.75) is 12.8 Å². The van der Waals surface area contributed by atoms with Crippen molar-refractivity contribution in [2.24, 2.45) is 0 Å². The lowest BCUT2D eigenvalue weighted by atomic mass is 10.1. The van der Waals surface area contributed by atoms with E-state index in [0.717, 1.165) is 11.3 Å². The summed E-state index contributed by atoms with van der Waals surface area (Å²) in [6.45, 7) is 4.43. The Bertz CT molecular complexity index is 481. The second-order valence-electron chi connectivity index (χ2n) is 4.95. The molecule has 0 bridgehead atoms. The Hall–Kier alpha value is -2.14. The number of amides is 2. The molecule has 2 amide bonds. The first-order chi connectivity index (χ1) is 10.0. The van der Waals surface area contributed by atoms with Gasteiger partial charge in [0.15, 0.2) is 0 Å². The van der Waals surface area contributed by atoms with Crippen LogP contribution in [0.5, 0.6) is 0 Å². The van der Waals surface area contributed by atoms with Gasteiger partial charge in [0.25, 0.3) is 0 Å². The smallest absolute Gasteiger partial charge is 0.238 e. The van der Waals surface area contributed by atoms with E-state index in [-0.39, 0.29) is 18.4 Å². The van der Waals surface area contributed by atoms with Crippen molar-refractivity contribution in [2.75, 3.05) is 32.5 Å². The van der Waals surface area contributed by atoms with Gasteiger partial charge in [-0.25, -0.2) is 0 Å². The van der Waals surface area contributed by atoms with Gasteiger partial charge in [-0.15, -0.1) is 6.58 Å². The topological polar surface area (TPSA) is 61.4 Å². The first-order valence-electron chi connectivity index (χ1n) is 6.93. The molecule has 5 heteroatoms. The normalized spacial score (nSPS) is 10.0. The second-order valence-corrected chi connectivity index (χ2v) is 4.95. The minimum Gasteiger partial charge on any atom is -0.349 e. The lowest BCUT2D eigenvalue weighted by Gasteiger charge is -2.10. The van der Waals surface area contributed by atoms with E-state index in [1.54, 1.807) is 25.1 Å². The first kappa shape index (κ1) is 16.9. The minimum atomic E-state index is -0.0904. The van der Waals surface area contributed by atoms with E-state index in [9.17, 15) is 9.59 Å². The van der Waals surface area contributed by atoms with Crippen LogP contribution >= 0.6 is 0 Å². The molecule has 0 atom stereocenters. The Balaban J connectivity index is 2.41. The van der Waals surface area contributed by atoms with E-state index in [4.69, 9.17) is 0 Å². The average molecular weight is 289 g/mol. The predicted octanol–water partition coefficient (Wildman–Crippen LogP) is 1.42. The summed E-state index contributed by atoms with van der Waals surface area (Å²) in [7, 11) is 3.50. The van der Waals surface area contributed by atoms with Gasteiger partial charge in [-0.1, -0.05) is 18.2 Å². The third-order valence-electron chi connectivity index (χ3n) is 2.94. The summed E-state index contributed by atoms with van der Waals surface area (Å²) in [6.07, 6.45) is 2.90. The van der Waals surface area contributed by atoms with Crippen LogP contribution in [-0.4, -0.2) is 43.9 Å². The molecule has 1 aromatic rings. The molecular weight excluding hydrogens is 266 g/mol. The molecule has 1 rings (SSSR count). The van der Waals surface area contributed by atoms with Crippen molar-refractivity contribution in [3.05, 3.63) is 42.5 Å². The maximum absolute atomic E-state index is 11.6. The minimum absolute atomic E-state index is 0.0904. The van der Waals surface area contributed by atoms with Gasteiger partial charge >= 0.3 is 0 Å². The number of hydrogen-bond donors (Lipinski definition) is 2. The maximum atomic E-state index is 11.6. The quantitative estimate of drug-likeness (QED) is 0.562. The van der Waals surface area contributed by atoms with Gasteiger partial charge in [-0.3, -0.25) is 9.59 Å². The van der Waals surface area contributed by atoms with Crippen LogP contribution < -0.4 is 10.6 Å². The van der Waals surface area contributed by atoms with E-state index < -0.39 is 0 Å². The zero-order valence-corrected chi connectivity index (χ0v) is 12.7. The number of hydrogen-bond acceptors (Lipinski definition) is 3. The lowest BCUT2D eigenvalue weighted by molar-refractivity contribution is -0.128. The van der Waals surface area contributed by atoms with Crippen molar-refractivity contribution in [3.63, 3.8) is 0 Å². The van der Waals surface area contributed by atoms with E-state index in [2.05, 4.69) is 17.2 Å². The third-order valence-corrected chi connectivity index (χ3v) is 2.94. The Kier molecular flexibility index (Phi) is 7.18. The van der Waals surface area contributed by atoms with Crippen LogP contribution in [0.4, 0.5) is 5.69 Å². The van der Waals surface area contributed by atoms with Gasteiger partial charge in [0.1, 0.15) is 0 Å². The van der Waals surface area contributed by atoms with E-state index in [1.807, 2.05) is 24.3 Å². The fraction of sp³-hybridized carbons (Fsp3) is 0.375. The highest BCUT2D eigenvalue weighted by atomic mass is 16.2. The van der Waals surface area contributed by atoms with Crippen LogP contribution in [0.2, 0.25) is 0 Å². The summed E-state index contributed by atoms with van der Waals surface area (Å²) in [5.41, 5.74) is 1.83. The largest absolute Gasteiger partial charge is 0.349 e. The molecule has 0 saturated carbocycles. The van der Waals surface area contributed by atoms with Gasteiger partial charge < -0.3 is 15.5 Å². The molecule has 0 aliphatic heterocycles. The molecule has 1 aromatic carbocycles. The predicted molar refractivity (Wildman–Crippen MR) is 85.2 cm³/mol. The van der Waals surface area contributed by atoms with Gasteiger partial charge in [-0.05, 0) is 24.1 Å². The van der Waals surface area contributed by atoms with Crippen LogP contribution in [0, 0.1) is 0 Å². The Morgan fingerprint density at radius 1 is 1.24 bits per heavy atom. The summed E-state index contributed by atoms with van der Waals surface area (Å²) in [5, 5.41) is 5.74. The molecule has 0 heterocycles. The highest BCUT2D eigenvalue weighted by molar-refractivity contribution is 5.92. The Morgan fingerprint density at radius 3 is 2.48 bits per heavy atom. The monoisotopic (exact) mass is 289 g/mol. The van der Waals surface area contributed by atoms with Gasteiger partial charge in [0.2, 0.25) is 11.8 Å². The summed E-state index contributed by atoms with van der Waals surface area (Å²) >= 11 is 0. The molecule has 0 unspecified atom stereocenters. The number of carbonyl (C=O) groups excluding carboxylic acids is 2. The summed E-state index contributed by atoms with van der Waals surface area (Å²) < 4.78 is 0. The molecule has 0 radical (unpaired) electrons. The van der Waals surface area contributed by atoms with Gasteiger partial charge in [-0.2, -0.15) is 0 Å². The molecule has 0 aliphatic rings. The van der Waals surface area contributed by atoms with Crippen molar-refractivity contribution in [1.29, 1.82) is 0 Å². The second kappa shape index (κ2) is 8.92. The number of nitrogens with zero attached hydrogens (tertiary/aromatic N) is 1. The fourth-order valence-electron chi connectivity index (χ4n) is 1.72. The SMILES string of the molecule is C=CCNCC(=O)Nc1ccc(CCC(=O)N(C)C)cc1. The maximum Gasteiger partial charge on any atom is 0.238 e. The number of rotatable bonds is 8. The van der Waals surface area contributed by atoms with Crippen LogP contribution in [0.3, 0.4) is 0 Å². The van der Waals surface area contributed by atoms with Crippen LogP contribution in [0.25, 0.3) is 0 Å². The van der Waals surface area contributed by atoms with E-state index >= 15 is 0 Å². The molecule has 0 fully saturated rings. The van der Waals surface area contributed by atoms with E-state index in [0.29, 0.717) is 19.4 Å². The molecule has 0 aliphatic carbocycles. The summed E-state index contributed by atoms with van der Waals surface area (Å²) in [6, 6.07) is 7.55. The van der Waals surface area contributed by atoms with E-state index in [1.165, 1.54) is 0 Å². The molecule has 0 spiro atoms. The molecule has 114 valence electrons. The molecule has 21 heavy (non-hydrogen) atoms. The number of nitrogens with one attached hydrogen (secondary N) is 2. The van der Waals surface area contributed by atoms with Crippen LogP contribution in [0.1, 0.15) is 12.0 Å². The zero-order chi connectivity index (χ0) is 15.7. The zero-order valence-electron chi connectivity index (χ0n) is 12.7. The van der Waals surface area contributed by atoms with Crippen LogP contribution in [0.15, 0.2) is 36.9 Å². The summed E-state index contributed by atoms with van der Waals surface area (Å²) in [4.78, 5) is 24.7. The number of aryl methyl sites for hydroxylation is 1. The van der Waals surface area contributed by atoms with Crippen molar-refractivity contribution in [3.8, 4) is 0 Å². The van der Waals surface area contributed by atoms with Gasteiger partial charge in [0.05, 0.1) is 6.54 Å². The first-order valence-corrected chi connectivity index (χ1v) is 6.93. The van der Waals surface area contributed by atoms with Crippen LogP contribution in [-0.2, 0) is 16.0 Å². The van der Waals surface area contributed by atoms with Gasteiger partial charge in [0, 0.05) is 32.7 Å².